The van der Waals surface area contributed by atoms with Gasteiger partial charge in [0.15, 0.2) is 11.5 Å². The molecule has 1 aromatic carbocycles. The average molecular weight is 348 g/mol. The van der Waals surface area contributed by atoms with E-state index < -0.39 is 10.9 Å². The van der Waals surface area contributed by atoms with Crippen molar-refractivity contribution in [2.75, 3.05) is 20.3 Å². The lowest BCUT2D eigenvalue weighted by atomic mass is 10.2. The van der Waals surface area contributed by atoms with Crippen LogP contribution in [0.25, 0.3) is 0 Å². The summed E-state index contributed by atoms with van der Waals surface area (Å²) in [5, 5.41) is 20.2. The lowest BCUT2D eigenvalue weighted by Crippen LogP contribution is -2.07. The molecule has 9 heteroatoms. The molecule has 132 valence electrons. The molecule has 0 aliphatic rings. The summed E-state index contributed by atoms with van der Waals surface area (Å²) in [6, 6.07) is 5.27. The minimum atomic E-state index is -1.14. The van der Waals surface area contributed by atoms with Crippen molar-refractivity contribution in [3.05, 3.63) is 51.7 Å². The zero-order valence-corrected chi connectivity index (χ0v) is 13.6. The van der Waals surface area contributed by atoms with Crippen LogP contribution in [-0.4, -0.2) is 41.3 Å². The summed E-state index contributed by atoms with van der Waals surface area (Å²) in [7, 11) is 1.49. The van der Waals surface area contributed by atoms with Gasteiger partial charge in [0.1, 0.15) is 6.61 Å². The number of rotatable bonds is 8. The van der Waals surface area contributed by atoms with E-state index in [1.807, 2.05) is 0 Å². The number of aromatic carboxylic acids is 1. The zero-order chi connectivity index (χ0) is 18.4. The number of nitrogens with zero attached hydrogens (tertiary/aromatic N) is 2. The van der Waals surface area contributed by atoms with Crippen molar-refractivity contribution < 1.29 is 29.0 Å². The lowest BCUT2D eigenvalue weighted by molar-refractivity contribution is -0.386. The summed E-state index contributed by atoms with van der Waals surface area (Å²) in [5.41, 5.74) is 0.299. The fourth-order valence-corrected chi connectivity index (χ4v) is 1.93. The molecule has 1 aromatic heterocycles. The van der Waals surface area contributed by atoms with Crippen LogP contribution in [0.1, 0.15) is 15.9 Å². The second kappa shape index (κ2) is 8.06. The van der Waals surface area contributed by atoms with E-state index >= 15 is 0 Å². The number of nitro groups is 1. The Morgan fingerprint density at radius 3 is 2.68 bits per heavy atom. The first-order valence-corrected chi connectivity index (χ1v) is 7.20. The maximum Gasteiger partial charge on any atom is 0.335 e. The van der Waals surface area contributed by atoms with Crippen LogP contribution in [0.5, 0.6) is 17.4 Å². The summed E-state index contributed by atoms with van der Waals surface area (Å²) in [6.45, 7) is 2.10. The van der Waals surface area contributed by atoms with E-state index in [9.17, 15) is 14.9 Å². The maximum absolute atomic E-state index is 11.2. The molecule has 25 heavy (non-hydrogen) atoms. The van der Waals surface area contributed by atoms with Crippen molar-refractivity contribution >= 4 is 11.7 Å². The average Bonchev–Trinajstić information content (AvgIpc) is 2.57. The number of benzene rings is 1. The number of hydrogen-bond donors (Lipinski definition) is 1. The molecule has 2 aromatic rings. The molecule has 0 bridgehead atoms. The van der Waals surface area contributed by atoms with Crippen LogP contribution in [0.4, 0.5) is 5.69 Å². The van der Waals surface area contributed by atoms with Crippen LogP contribution in [-0.2, 0) is 4.74 Å². The topological polar surface area (TPSA) is 121 Å². The van der Waals surface area contributed by atoms with Gasteiger partial charge >= 0.3 is 11.7 Å². The number of carbonyl (C=O) groups is 1. The van der Waals surface area contributed by atoms with Crippen molar-refractivity contribution in [1.82, 2.24) is 4.98 Å². The molecular weight excluding hydrogens is 332 g/mol. The Hall–Kier alpha value is -3.20. The summed E-state index contributed by atoms with van der Waals surface area (Å²) in [4.78, 5) is 25.6. The Morgan fingerprint density at radius 1 is 1.28 bits per heavy atom. The molecule has 1 N–H and O–H groups in total. The van der Waals surface area contributed by atoms with Crippen LogP contribution >= 0.6 is 0 Å². The van der Waals surface area contributed by atoms with Crippen LogP contribution in [0.3, 0.4) is 0 Å². The highest BCUT2D eigenvalue weighted by molar-refractivity contribution is 5.88. The molecule has 9 nitrogen and oxygen atoms in total. The Labute approximate surface area is 142 Å². The first kappa shape index (κ1) is 18.1. The minimum absolute atomic E-state index is 0.00821. The molecule has 0 aliphatic heterocycles. The summed E-state index contributed by atoms with van der Waals surface area (Å²) in [6.07, 6.45) is 1.43. The van der Waals surface area contributed by atoms with Gasteiger partial charge in [-0.3, -0.25) is 10.1 Å². The monoisotopic (exact) mass is 348 g/mol. The van der Waals surface area contributed by atoms with E-state index in [0.29, 0.717) is 5.56 Å². The molecule has 0 radical (unpaired) electrons. The highest BCUT2D eigenvalue weighted by Gasteiger charge is 2.20. The third kappa shape index (κ3) is 4.64. The van der Waals surface area contributed by atoms with Gasteiger partial charge in [0.05, 0.1) is 17.1 Å². The second-order valence-electron chi connectivity index (χ2n) is 5.00. The number of aryl methyl sites for hydroxylation is 1. The molecule has 0 aliphatic carbocycles. The van der Waals surface area contributed by atoms with E-state index in [1.54, 1.807) is 6.92 Å². The van der Waals surface area contributed by atoms with Gasteiger partial charge in [-0.25, -0.2) is 9.78 Å². The van der Waals surface area contributed by atoms with Crippen LogP contribution in [0, 0.1) is 17.0 Å². The zero-order valence-electron chi connectivity index (χ0n) is 13.6. The Kier molecular flexibility index (Phi) is 5.85. The third-order valence-corrected chi connectivity index (χ3v) is 3.11. The highest BCUT2D eigenvalue weighted by Crippen LogP contribution is 2.35. The maximum atomic E-state index is 11.2. The first-order chi connectivity index (χ1) is 11.9. The van der Waals surface area contributed by atoms with Crippen molar-refractivity contribution in [3.8, 4) is 17.4 Å². The molecule has 0 fully saturated rings. The van der Waals surface area contributed by atoms with Gasteiger partial charge in [0.2, 0.25) is 0 Å². The fourth-order valence-electron chi connectivity index (χ4n) is 1.93. The summed E-state index contributed by atoms with van der Waals surface area (Å²) >= 11 is 0. The molecular formula is C16H16N2O7. The summed E-state index contributed by atoms with van der Waals surface area (Å²) < 4.78 is 15.8. The van der Waals surface area contributed by atoms with E-state index in [0.717, 1.165) is 0 Å². The lowest BCUT2D eigenvalue weighted by Gasteiger charge is -2.12. The van der Waals surface area contributed by atoms with Crippen LogP contribution in [0.2, 0.25) is 0 Å². The first-order valence-electron chi connectivity index (χ1n) is 7.20. The SMILES string of the molecule is COCCOc1cc(C(=O)O)ccc1Oc1ncc(C)cc1[N+](=O)[O-]. The molecule has 0 atom stereocenters. The van der Waals surface area contributed by atoms with Crippen molar-refractivity contribution in [3.63, 3.8) is 0 Å². The number of pyridine rings is 1. The second-order valence-corrected chi connectivity index (χ2v) is 5.00. The van der Waals surface area contributed by atoms with E-state index in [4.69, 9.17) is 19.3 Å². The summed E-state index contributed by atoms with van der Waals surface area (Å²) in [5.74, 6) is -1.12. The van der Waals surface area contributed by atoms with Gasteiger partial charge < -0.3 is 19.3 Å². The van der Waals surface area contributed by atoms with Gasteiger partial charge in [-0.05, 0) is 30.7 Å². The van der Waals surface area contributed by atoms with Crippen molar-refractivity contribution in [1.29, 1.82) is 0 Å². The number of carboxylic acids is 1. The molecule has 0 saturated heterocycles. The number of hydrogen-bond acceptors (Lipinski definition) is 7. The van der Waals surface area contributed by atoms with Gasteiger partial charge in [-0.1, -0.05) is 0 Å². The number of aromatic nitrogens is 1. The molecule has 0 amide bonds. The Morgan fingerprint density at radius 2 is 2.04 bits per heavy atom. The van der Waals surface area contributed by atoms with E-state index in [1.165, 1.54) is 37.6 Å². The smallest absolute Gasteiger partial charge is 0.335 e. The number of carboxylic acid groups (broad SMARTS) is 1. The van der Waals surface area contributed by atoms with E-state index in [-0.39, 0.29) is 41.8 Å². The Balaban J connectivity index is 2.38. The predicted molar refractivity (Wildman–Crippen MR) is 86.5 cm³/mol. The van der Waals surface area contributed by atoms with Crippen LogP contribution in [0.15, 0.2) is 30.5 Å². The predicted octanol–water partition coefficient (Wildman–Crippen LogP) is 2.81. The quantitative estimate of drug-likeness (QED) is 0.439. The molecule has 0 saturated carbocycles. The van der Waals surface area contributed by atoms with E-state index in [2.05, 4.69) is 4.98 Å². The van der Waals surface area contributed by atoms with Crippen molar-refractivity contribution in [2.45, 2.75) is 6.92 Å². The third-order valence-electron chi connectivity index (χ3n) is 3.11. The normalized spacial score (nSPS) is 10.3. The van der Waals surface area contributed by atoms with Gasteiger partial charge in [0.25, 0.3) is 5.88 Å². The fraction of sp³-hybridized carbons (Fsp3) is 0.250. The number of ether oxygens (including phenoxy) is 3. The molecule has 0 spiro atoms. The van der Waals surface area contributed by atoms with Crippen LogP contribution < -0.4 is 9.47 Å². The molecule has 2 rings (SSSR count). The Bertz CT molecular complexity index is 792. The van der Waals surface area contributed by atoms with Gasteiger partial charge in [-0.2, -0.15) is 0 Å². The highest BCUT2D eigenvalue weighted by atomic mass is 16.6. The molecule has 1 heterocycles. The number of methoxy groups -OCH3 is 1. The molecule has 0 unspecified atom stereocenters. The standard InChI is InChI=1S/C16H16N2O7/c1-10-7-12(18(21)22)15(17-9-10)25-13-4-3-11(16(19)20)8-14(13)24-6-5-23-2/h3-4,7-9H,5-6H2,1-2H3,(H,19,20). The largest absolute Gasteiger partial charge is 0.487 e. The van der Waals surface area contributed by atoms with Gasteiger partial charge in [-0.15, -0.1) is 0 Å². The van der Waals surface area contributed by atoms with Gasteiger partial charge in [0, 0.05) is 19.4 Å². The minimum Gasteiger partial charge on any atom is -0.487 e. The van der Waals surface area contributed by atoms with Crippen molar-refractivity contribution in [2.24, 2.45) is 0 Å².